The van der Waals surface area contributed by atoms with Gasteiger partial charge in [0.2, 0.25) is 5.91 Å². The molecule has 1 aromatic heterocycles. The second-order valence-corrected chi connectivity index (χ2v) is 11.1. The molecule has 6 heteroatoms. The average Bonchev–Trinajstić information content (AvgIpc) is 3.09. The Hall–Kier alpha value is -1.95. The third-order valence-electron chi connectivity index (χ3n) is 8.79. The number of aromatic nitrogens is 1. The van der Waals surface area contributed by atoms with Crippen molar-refractivity contribution < 1.29 is 14.4 Å². The van der Waals surface area contributed by atoms with Crippen molar-refractivity contribution in [2.24, 2.45) is 23.2 Å². The number of hydrogen-bond acceptors (Lipinski definition) is 4. The predicted molar refractivity (Wildman–Crippen MR) is 123 cm³/mol. The molecule has 0 atom stereocenters. The van der Waals surface area contributed by atoms with Gasteiger partial charge in [-0.3, -0.25) is 19.3 Å². The summed E-state index contributed by atoms with van der Waals surface area (Å²) in [5.74, 6) is 2.79. The third-order valence-corrected chi connectivity index (χ3v) is 8.79. The number of rotatable bonds is 6. The van der Waals surface area contributed by atoms with Crippen LogP contribution in [0.5, 0.6) is 0 Å². The number of ketones is 2. The molecule has 6 rings (SSSR count). The number of hydrogen-bond donors (Lipinski definition) is 1. The molecular weight excluding hydrogens is 402 g/mol. The van der Waals surface area contributed by atoms with Gasteiger partial charge in [0.25, 0.3) is 0 Å². The molecule has 32 heavy (non-hydrogen) atoms. The molecule has 174 valence electrons. The van der Waals surface area contributed by atoms with E-state index in [1.807, 2.05) is 13.8 Å². The smallest absolute Gasteiger partial charge is 0.228 e. The largest absolute Gasteiger partial charge is 0.355 e. The Morgan fingerprint density at radius 2 is 1.53 bits per heavy atom. The third kappa shape index (κ3) is 3.64. The summed E-state index contributed by atoms with van der Waals surface area (Å²) in [6.45, 7) is 8.67. The Morgan fingerprint density at radius 1 is 0.969 bits per heavy atom. The molecule has 1 N–H and O–H groups in total. The molecule has 4 saturated carbocycles. The van der Waals surface area contributed by atoms with Crippen LogP contribution in [0.15, 0.2) is 0 Å². The van der Waals surface area contributed by atoms with Gasteiger partial charge in [0.05, 0.1) is 17.7 Å². The van der Waals surface area contributed by atoms with Crippen molar-refractivity contribution in [1.29, 1.82) is 0 Å². The number of carbonyl (C=O) groups is 3. The van der Waals surface area contributed by atoms with Crippen LogP contribution >= 0.6 is 0 Å². The summed E-state index contributed by atoms with van der Waals surface area (Å²) >= 11 is 0. The zero-order chi connectivity index (χ0) is 22.6. The first kappa shape index (κ1) is 21.9. The van der Waals surface area contributed by atoms with Gasteiger partial charge in [-0.25, -0.2) is 0 Å². The van der Waals surface area contributed by atoms with Crippen LogP contribution in [0.4, 0.5) is 0 Å². The predicted octanol–water partition coefficient (Wildman–Crippen LogP) is 3.63. The standard InChI is InChI=1S/C26H37N3O3/c1-4-21-23(17(3)30)16(2)27-24(21)22(31)15-28-5-7-29(8-6-28)25(32)26-12-18-9-19(13-26)11-20(10-18)14-26/h18-20,27H,4-15H2,1-3H3. The highest BCUT2D eigenvalue weighted by Crippen LogP contribution is 2.60. The summed E-state index contributed by atoms with van der Waals surface area (Å²) in [5.41, 5.74) is 2.80. The topological polar surface area (TPSA) is 73.5 Å². The minimum Gasteiger partial charge on any atom is -0.355 e. The number of aryl methyl sites for hydroxylation is 1. The van der Waals surface area contributed by atoms with E-state index in [-0.39, 0.29) is 17.0 Å². The van der Waals surface area contributed by atoms with Crippen LogP contribution in [0.1, 0.15) is 84.5 Å². The Kier molecular flexibility index (Phi) is 5.55. The molecule has 1 aromatic rings. The quantitative estimate of drug-likeness (QED) is 0.687. The van der Waals surface area contributed by atoms with E-state index >= 15 is 0 Å². The maximum absolute atomic E-state index is 13.6. The van der Waals surface area contributed by atoms with Crippen molar-refractivity contribution in [3.63, 3.8) is 0 Å². The number of Topliss-reactive ketones (excluding diaryl/α,β-unsaturated/α-hetero) is 2. The number of amides is 1. The van der Waals surface area contributed by atoms with E-state index < -0.39 is 0 Å². The van der Waals surface area contributed by atoms with Crippen molar-refractivity contribution in [3.8, 4) is 0 Å². The molecule has 2 heterocycles. The second kappa shape index (κ2) is 8.12. The Labute approximate surface area is 191 Å². The molecule has 1 saturated heterocycles. The summed E-state index contributed by atoms with van der Waals surface area (Å²) in [7, 11) is 0. The number of nitrogens with one attached hydrogen (secondary N) is 1. The van der Waals surface area contributed by atoms with E-state index in [0.29, 0.717) is 30.1 Å². The first-order valence-electron chi connectivity index (χ1n) is 12.6. The molecule has 0 aromatic carbocycles. The monoisotopic (exact) mass is 439 g/mol. The molecule has 0 unspecified atom stereocenters. The van der Waals surface area contributed by atoms with Gasteiger partial charge in [0.1, 0.15) is 0 Å². The average molecular weight is 440 g/mol. The van der Waals surface area contributed by atoms with Crippen LogP contribution in [0.25, 0.3) is 0 Å². The van der Waals surface area contributed by atoms with Crippen molar-refractivity contribution in [3.05, 3.63) is 22.5 Å². The van der Waals surface area contributed by atoms with Gasteiger partial charge in [-0.15, -0.1) is 0 Å². The van der Waals surface area contributed by atoms with Crippen molar-refractivity contribution in [2.45, 2.75) is 65.7 Å². The van der Waals surface area contributed by atoms with Crippen LogP contribution in [0.2, 0.25) is 0 Å². The number of nitrogens with zero attached hydrogens (tertiary/aromatic N) is 2. The summed E-state index contributed by atoms with van der Waals surface area (Å²) in [4.78, 5) is 46.1. The van der Waals surface area contributed by atoms with Crippen molar-refractivity contribution in [2.75, 3.05) is 32.7 Å². The van der Waals surface area contributed by atoms with Crippen LogP contribution < -0.4 is 0 Å². The fourth-order valence-corrected chi connectivity index (χ4v) is 7.84. The zero-order valence-electron chi connectivity index (χ0n) is 19.8. The zero-order valence-corrected chi connectivity index (χ0v) is 19.8. The van der Waals surface area contributed by atoms with Gasteiger partial charge in [0, 0.05) is 37.4 Å². The molecule has 5 aliphatic rings. The van der Waals surface area contributed by atoms with E-state index in [4.69, 9.17) is 0 Å². The van der Waals surface area contributed by atoms with Gasteiger partial charge in [-0.1, -0.05) is 6.92 Å². The Bertz CT molecular complexity index is 903. The van der Waals surface area contributed by atoms with E-state index in [1.54, 1.807) is 6.92 Å². The highest BCUT2D eigenvalue weighted by atomic mass is 16.2. The number of aromatic amines is 1. The summed E-state index contributed by atoms with van der Waals surface area (Å²) < 4.78 is 0. The minimum atomic E-state index is -0.0758. The molecule has 1 aliphatic heterocycles. The second-order valence-electron chi connectivity index (χ2n) is 11.1. The lowest BCUT2D eigenvalue weighted by Crippen LogP contribution is -2.58. The van der Waals surface area contributed by atoms with E-state index in [1.165, 1.54) is 19.3 Å². The van der Waals surface area contributed by atoms with E-state index in [0.717, 1.165) is 74.5 Å². The first-order valence-corrected chi connectivity index (χ1v) is 12.6. The molecular formula is C26H37N3O3. The molecule has 0 spiro atoms. The summed E-state index contributed by atoms with van der Waals surface area (Å²) in [5, 5.41) is 0. The highest BCUT2D eigenvalue weighted by Gasteiger charge is 2.55. The molecule has 5 fully saturated rings. The maximum Gasteiger partial charge on any atom is 0.228 e. The fraction of sp³-hybridized carbons (Fsp3) is 0.731. The highest BCUT2D eigenvalue weighted by molar-refractivity contribution is 6.04. The van der Waals surface area contributed by atoms with Gasteiger partial charge < -0.3 is 9.88 Å². The van der Waals surface area contributed by atoms with Gasteiger partial charge in [-0.05, 0) is 82.1 Å². The van der Waals surface area contributed by atoms with Crippen LogP contribution in [-0.4, -0.2) is 65.0 Å². The number of H-pyrrole nitrogens is 1. The normalized spacial score (nSPS) is 31.8. The first-order chi connectivity index (χ1) is 15.3. The van der Waals surface area contributed by atoms with Gasteiger partial charge in [-0.2, -0.15) is 0 Å². The molecule has 4 aliphatic carbocycles. The van der Waals surface area contributed by atoms with Gasteiger partial charge >= 0.3 is 0 Å². The van der Waals surface area contributed by atoms with E-state index in [2.05, 4.69) is 14.8 Å². The lowest BCUT2D eigenvalue weighted by atomic mass is 9.49. The van der Waals surface area contributed by atoms with Crippen LogP contribution in [0, 0.1) is 30.1 Å². The summed E-state index contributed by atoms with van der Waals surface area (Å²) in [6.07, 6.45) is 8.06. The molecule has 6 nitrogen and oxygen atoms in total. The lowest BCUT2D eigenvalue weighted by Gasteiger charge is -2.57. The Balaban J connectivity index is 1.21. The fourth-order valence-electron chi connectivity index (χ4n) is 7.84. The Morgan fingerprint density at radius 3 is 2.03 bits per heavy atom. The van der Waals surface area contributed by atoms with Crippen LogP contribution in [0.3, 0.4) is 0 Å². The van der Waals surface area contributed by atoms with Crippen molar-refractivity contribution in [1.82, 2.24) is 14.8 Å². The molecule has 1 amide bonds. The molecule has 4 bridgehead atoms. The van der Waals surface area contributed by atoms with Crippen LogP contribution in [-0.2, 0) is 11.2 Å². The number of piperazine rings is 1. The molecule has 0 radical (unpaired) electrons. The van der Waals surface area contributed by atoms with Gasteiger partial charge in [0.15, 0.2) is 11.6 Å². The number of carbonyl (C=O) groups excluding carboxylic acids is 3. The summed E-state index contributed by atoms with van der Waals surface area (Å²) in [6, 6.07) is 0. The SMILES string of the molecule is CCc1c(C(=O)CN2CCN(C(=O)C34CC5CC(CC(C5)C3)C4)CC2)[nH]c(C)c1C(C)=O. The minimum absolute atomic E-state index is 0.00597. The maximum atomic E-state index is 13.6. The lowest BCUT2D eigenvalue weighted by molar-refractivity contribution is -0.159. The van der Waals surface area contributed by atoms with Crippen molar-refractivity contribution >= 4 is 17.5 Å². The van der Waals surface area contributed by atoms with E-state index in [9.17, 15) is 14.4 Å².